The topological polar surface area (TPSA) is 87.7 Å². The summed E-state index contributed by atoms with van der Waals surface area (Å²) in [5.74, 6) is -0.837. The molecule has 0 bridgehead atoms. The smallest absolute Gasteiger partial charge is 0.408 e. The molecule has 0 fully saturated rings. The molecular weight excluding hydrogens is 490 g/mol. The predicted molar refractivity (Wildman–Crippen MR) is 158 cm³/mol. The van der Waals surface area contributed by atoms with Gasteiger partial charge in [-0.05, 0) is 78.0 Å². The van der Waals surface area contributed by atoms with Crippen LogP contribution in [0.4, 0.5) is 10.5 Å². The lowest BCUT2D eigenvalue weighted by atomic mass is 9.89. The van der Waals surface area contributed by atoms with Crippen LogP contribution in [0.1, 0.15) is 91.0 Å². The number of anilines is 1. The molecule has 2 aromatic rings. The first kappa shape index (κ1) is 31.9. The normalized spacial score (nSPS) is 14.1. The lowest BCUT2D eigenvalue weighted by Crippen LogP contribution is -2.60. The van der Waals surface area contributed by atoms with Gasteiger partial charge in [-0.15, -0.1) is 0 Å². The van der Waals surface area contributed by atoms with Crippen LogP contribution >= 0.6 is 0 Å². The number of alkyl carbamates (subject to hydrolysis) is 1. The second kappa shape index (κ2) is 13.1. The molecule has 0 aromatic heterocycles. The number of para-hydroxylation sites is 1. The number of aryl methyl sites for hydroxylation is 2. The summed E-state index contributed by atoms with van der Waals surface area (Å²) in [5, 5.41) is 5.90. The second-order valence-electron chi connectivity index (χ2n) is 12.0. The van der Waals surface area contributed by atoms with Gasteiger partial charge in [-0.25, -0.2) is 4.79 Å². The molecule has 0 aliphatic heterocycles. The van der Waals surface area contributed by atoms with Crippen LogP contribution in [0, 0.1) is 19.8 Å². The van der Waals surface area contributed by atoms with Gasteiger partial charge in [-0.2, -0.15) is 0 Å². The third-order valence-electron chi connectivity index (χ3n) is 7.17. The summed E-state index contributed by atoms with van der Waals surface area (Å²) < 4.78 is 5.51. The summed E-state index contributed by atoms with van der Waals surface area (Å²) in [6, 6.07) is 13.4. The van der Waals surface area contributed by atoms with Crippen molar-refractivity contribution in [2.45, 2.75) is 105 Å². The van der Waals surface area contributed by atoms with Crippen LogP contribution in [-0.4, -0.2) is 40.0 Å². The van der Waals surface area contributed by atoms with Crippen LogP contribution in [0.3, 0.4) is 0 Å². The molecule has 0 spiro atoms. The van der Waals surface area contributed by atoms with E-state index in [1.54, 1.807) is 25.7 Å². The highest BCUT2D eigenvalue weighted by Gasteiger charge is 2.44. The maximum atomic E-state index is 14.5. The van der Waals surface area contributed by atoms with Gasteiger partial charge in [0.25, 0.3) is 5.91 Å². The van der Waals surface area contributed by atoms with Crippen LogP contribution in [0.2, 0.25) is 0 Å². The van der Waals surface area contributed by atoms with Crippen LogP contribution in [-0.2, 0) is 14.3 Å². The van der Waals surface area contributed by atoms with Crippen molar-refractivity contribution in [3.05, 3.63) is 65.2 Å². The lowest BCUT2D eigenvalue weighted by Gasteiger charge is -2.45. The Hall–Kier alpha value is -3.35. The predicted octanol–water partition coefficient (Wildman–Crippen LogP) is 6.94. The Balaban J connectivity index is 2.67. The second-order valence-corrected chi connectivity index (χ2v) is 12.0. The maximum Gasteiger partial charge on any atom is 0.408 e. The zero-order valence-electron chi connectivity index (χ0n) is 25.3. The molecule has 0 radical (unpaired) electrons. The quantitative estimate of drug-likeness (QED) is 0.344. The van der Waals surface area contributed by atoms with Gasteiger partial charge in [0, 0.05) is 11.2 Å². The van der Waals surface area contributed by atoms with Gasteiger partial charge >= 0.3 is 6.09 Å². The van der Waals surface area contributed by atoms with E-state index in [9.17, 15) is 14.4 Å². The molecule has 39 heavy (non-hydrogen) atoms. The molecule has 214 valence electrons. The largest absolute Gasteiger partial charge is 0.444 e. The number of nitrogens with one attached hydrogen (secondary N) is 2. The number of hydrogen-bond donors (Lipinski definition) is 2. The molecule has 0 aliphatic rings. The first-order chi connectivity index (χ1) is 18.1. The number of carbonyl (C=O) groups is 3. The minimum atomic E-state index is -0.932. The fraction of sp³-hybridized carbons (Fsp3) is 0.531. The van der Waals surface area contributed by atoms with Gasteiger partial charge in [0.1, 0.15) is 17.7 Å². The minimum Gasteiger partial charge on any atom is -0.444 e. The molecule has 2 aromatic carbocycles. The highest BCUT2D eigenvalue weighted by Crippen LogP contribution is 2.34. The third-order valence-corrected chi connectivity index (χ3v) is 7.17. The Morgan fingerprint density at radius 1 is 0.949 bits per heavy atom. The summed E-state index contributed by atoms with van der Waals surface area (Å²) >= 11 is 0. The fourth-order valence-electron chi connectivity index (χ4n) is 4.38. The highest BCUT2D eigenvalue weighted by atomic mass is 16.6. The Labute approximate surface area is 234 Å². The molecule has 2 N–H and O–H groups in total. The van der Waals surface area contributed by atoms with Gasteiger partial charge < -0.3 is 20.3 Å². The Morgan fingerprint density at radius 2 is 1.59 bits per heavy atom. The van der Waals surface area contributed by atoms with Crippen molar-refractivity contribution in [2.24, 2.45) is 5.92 Å². The van der Waals surface area contributed by atoms with E-state index in [1.807, 2.05) is 97.0 Å². The van der Waals surface area contributed by atoms with Crippen molar-refractivity contribution < 1.29 is 19.1 Å². The minimum absolute atomic E-state index is 0.197. The van der Waals surface area contributed by atoms with Gasteiger partial charge in [0.2, 0.25) is 5.91 Å². The van der Waals surface area contributed by atoms with Crippen molar-refractivity contribution in [1.82, 2.24) is 10.2 Å². The summed E-state index contributed by atoms with van der Waals surface area (Å²) in [4.78, 5) is 43.2. The molecular formula is C32H47N3O4. The van der Waals surface area contributed by atoms with E-state index in [0.29, 0.717) is 24.1 Å². The van der Waals surface area contributed by atoms with E-state index in [4.69, 9.17) is 4.74 Å². The molecule has 0 aliphatic carbocycles. The number of rotatable bonds is 10. The van der Waals surface area contributed by atoms with Gasteiger partial charge in [-0.3, -0.25) is 9.59 Å². The average molecular weight is 538 g/mol. The molecule has 2 rings (SSSR count). The molecule has 3 amide bonds. The van der Waals surface area contributed by atoms with Crippen molar-refractivity contribution in [1.29, 1.82) is 0 Å². The van der Waals surface area contributed by atoms with E-state index in [2.05, 4.69) is 10.6 Å². The van der Waals surface area contributed by atoms with Gasteiger partial charge in [0.15, 0.2) is 0 Å². The van der Waals surface area contributed by atoms with Crippen molar-refractivity contribution in [3.63, 3.8) is 0 Å². The van der Waals surface area contributed by atoms with Crippen LogP contribution in [0.25, 0.3) is 0 Å². The summed E-state index contributed by atoms with van der Waals surface area (Å²) in [6.45, 7) is 19.0. The number of amides is 3. The van der Waals surface area contributed by atoms with E-state index in [-0.39, 0.29) is 17.7 Å². The number of ether oxygens (including phenoxy) is 1. The first-order valence-corrected chi connectivity index (χ1v) is 13.9. The molecule has 0 saturated heterocycles. The van der Waals surface area contributed by atoms with Crippen molar-refractivity contribution in [3.8, 4) is 0 Å². The molecule has 7 heteroatoms. The lowest BCUT2D eigenvalue weighted by molar-refractivity contribution is -0.148. The first-order valence-electron chi connectivity index (χ1n) is 13.9. The Morgan fingerprint density at radius 3 is 2.13 bits per heavy atom. The standard InChI is InChI=1S/C32H47N3O4/c1-11-22(4)26(34-30(38)39-31(6,7)8)29(37)35(32(9,10)12-2)27(24-18-15-16-21(3)20-24)28(36)33-25-19-14-13-17-23(25)5/h13-20,22,26-27H,11-12H2,1-10H3,(H,33,36)(H,34,38). The number of carbonyl (C=O) groups excluding carboxylic acids is 3. The van der Waals surface area contributed by atoms with Crippen LogP contribution in [0.15, 0.2) is 48.5 Å². The average Bonchev–Trinajstić information content (AvgIpc) is 2.85. The molecule has 3 unspecified atom stereocenters. The van der Waals surface area contributed by atoms with Crippen LogP contribution in [0.5, 0.6) is 0 Å². The van der Waals surface area contributed by atoms with Crippen LogP contribution < -0.4 is 10.6 Å². The van der Waals surface area contributed by atoms with E-state index < -0.39 is 29.3 Å². The third kappa shape index (κ3) is 8.57. The molecule has 0 saturated carbocycles. The monoisotopic (exact) mass is 537 g/mol. The summed E-state index contributed by atoms with van der Waals surface area (Å²) in [5.41, 5.74) is 1.87. The highest BCUT2D eigenvalue weighted by molar-refractivity contribution is 5.99. The Bertz CT molecular complexity index is 1150. The molecule has 3 atom stereocenters. The molecule has 7 nitrogen and oxygen atoms in total. The zero-order valence-corrected chi connectivity index (χ0v) is 25.3. The number of nitrogens with zero attached hydrogens (tertiary/aromatic N) is 1. The van der Waals surface area contributed by atoms with Crippen molar-refractivity contribution >= 4 is 23.6 Å². The molecule has 0 heterocycles. The SMILES string of the molecule is CCC(C)C(NC(=O)OC(C)(C)C)C(=O)N(C(C(=O)Nc1ccccc1C)c1cccc(C)c1)C(C)(C)CC. The van der Waals surface area contributed by atoms with E-state index in [1.165, 1.54) is 0 Å². The van der Waals surface area contributed by atoms with Gasteiger partial charge in [-0.1, -0.05) is 75.2 Å². The summed E-state index contributed by atoms with van der Waals surface area (Å²) in [6.07, 6.45) is 0.585. The zero-order chi connectivity index (χ0) is 29.5. The summed E-state index contributed by atoms with van der Waals surface area (Å²) in [7, 11) is 0. The van der Waals surface area contributed by atoms with E-state index in [0.717, 1.165) is 11.1 Å². The maximum absolute atomic E-state index is 14.5. The van der Waals surface area contributed by atoms with Gasteiger partial charge in [0.05, 0.1) is 0 Å². The Kier molecular flexibility index (Phi) is 10.7. The van der Waals surface area contributed by atoms with E-state index >= 15 is 0 Å². The fourth-order valence-corrected chi connectivity index (χ4v) is 4.38. The number of benzene rings is 2. The number of hydrogen-bond acceptors (Lipinski definition) is 4. The van der Waals surface area contributed by atoms with Crippen molar-refractivity contribution in [2.75, 3.05) is 5.32 Å².